The van der Waals surface area contributed by atoms with E-state index in [9.17, 15) is 14.9 Å². The Balaban J connectivity index is 1.62. The first-order valence-corrected chi connectivity index (χ1v) is 9.53. The molecule has 1 unspecified atom stereocenters. The Kier molecular flexibility index (Phi) is 5.26. The number of non-ortho nitro benzene ring substituents is 1. The number of nitrogens with one attached hydrogen (secondary N) is 1. The van der Waals surface area contributed by atoms with E-state index in [0.29, 0.717) is 12.0 Å². The van der Waals surface area contributed by atoms with Crippen molar-refractivity contribution < 1.29 is 9.72 Å². The molecule has 0 saturated carbocycles. The summed E-state index contributed by atoms with van der Waals surface area (Å²) in [7, 11) is 1.96. The van der Waals surface area contributed by atoms with Gasteiger partial charge in [-0.05, 0) is 29.8 Å². The maximum Gasteiger partial charge on any atom is 0.269 e. The molecule has 7 nitrogen and oxygen atoms in total. The summed E-state index contributed by atoms with van der Waals surface area (Å²) in [6.07, 6.45) is 0.508. The molecule has 0 aliphatic rings. The van der Waals surface area contributed by atoms with E-state index >= 15 is 0 Å². The van der Waals surface area contributed by atoms with E-state index in [2.05, 4.69) is 5.32 Å². The second kappa shape index (κ2) is 8.16. The van der Waals surface area contributed by atoms with Crippen molar-refractivity contribution in [2.75, 3.05) is 0 Å². The zero-order chi connectivity index (χ0) is 21.1. The maximum absolute atomic E-state index is 12.8. The lowest BCUT2D eigenvalue weighted by Gasteiger charge is -2.19. The molecule has 150 valence electrons. The smallest absolute Gasteiger partial charge is 0.269 e. The minimum atomic E-state index is -0.486. The van der Waals surface area contributed by atoms with Gasteiger partial charge in [0.2, 0.25) is 0 Å². The van der Waals surface area contributed by atoms with Gasteiger partial charge < -0.3 is 9.88 Å². The van der Waals surface area contributed by atoms with Gasteiger partial charge in [-0.15, -0.1) is 0 Å². The summed E-state index contributed by atoms with van der Waals surface area (Å²) in [4.78, 5) is 27.9. The second-order valence-electron chi connectivity index (χ2n) is 7.02. The van der Waals surface area contributed by atoms with Gasteiger partial charge in [-0.2, -0.15) is 0 Å². The third-order valence-electron chi connectivity index (χ3n) is 5.11. The number of aryl methyl sites for hydroxylation is 1. The van der Waals surface area contributed by atoms with E-state index in [1.807, 2.05) is 66.2 Å². The third-order valence-corrected chi connectivity index (χ3v) is 5.11. The number of hydrogen-bond acceptors (Lipinski definition) is 4. The van der Waals surface area contributed by atoms with Crippen molar-refractivity contribution in [2.45, 2.75) is 12.5 Å². The lowest BCUT2D eigenvalue weighted by atomic mass is 10.0. The quantitative estimate of drug-likeness (QED) is 0.388. The van der Waals surface area contributed by atoms with Crippen LogP contribution in [-0.4, -0.2) is 20.4 Å². The van der Waals surface area contributed by atoms with E-state index in [0.717, 1.165) is 22.4 Å². The van der Waals surface area contributed by atoms with Crippen LogP contribution in [0.2, 0.25) is 0 Å². The van der Waals surface area contributed by atoms with Gasteiger partial charge in [-0.3, -0.25) is 14.9 Å². The molecule has 1 atom stereocenters. The van der Waals surface area contributed by atoms with Crippen molar-refractivity contribution in [3.63, 3.8) is 0 Å². The molecule has 0 bridgehead atoms. The molecule has 1 heterocycles. The molecular weight excluding hydrogens is 380 g/mol. The van der Waals surface area contributed by atoms with Gasteiger partial charge in [0, 0.05) is 31.2 Å². The van der Waals surface area contributed by atoms with E-state index < -0.39 is 4.92 Å². The van der Waals surface area contributed by atoms with Crippen molar-refractivity contribution in [2.24, 2.45) is 7.05 Å². The van der Waals surface area contributed by atoms with Crippen molar-refractivity contribution in [3.8, 4) is 0 Å². The highest BCUT2D eigenvalue weighted by Gasteiger charge is 2.20. The number of amides is 1. The summed E-state index contributed by atoms with van der Waals surface area (Å²) in [6, 6.07) is 22.9. The van der Waals surface area contributed by atoms with E-state index in [-0.39, 0.29) is 17.6 Å². The van der Waals surface area contributed by atoms with E-state index in [1.165, 1.54) is 24.3 Å². The molecule has 3 aromatic carbocycles. The normalized spacial score (nSPS) is 11.9. The number of carbonyl (C=O) groups excluding carboxylic acids is 1. The average molecular weight is 400 g/mol. The van der Waals surface area contributed by atoms with Gasteiger partial charge >= 0.3 is 0 Å². The zero-order valence-corrected chi connectivity index (χ0v) is 16.4. The van der Waals surface area contributed by atoms with Crippen LogP contribution >= 0.6 is 0 Å². The highest BCUT2D eigenvalue weighted by Crippen LogP contribution is 2.22. The third kappa shape index (κ3) is 3.91. The van der Waals surface area contributed by atoms with Crippen molar-refractivity contribution in [1.29, 1.82) is 0 Å². The van der Waals surface area contributed by atoms with Crippen LogP contribution in [0, 0.1) is 10.1 Å². The Morgan fingerprint density at radius 3 is 2.37 bits per heavy atom. The standard InChI is InChI=1S/C23H20N4O3/c1-26-21-10-6-5-9-19(21)24-22(26)15-20(16-7-3-2-4-8-16)25-23(28)17-11-13-18(14-12-17)27(29)30/h2-14,20H,15H2,1H3,(H,25,28). The Morgan fingerprint density at radius 1 is 1.03 bits per heavy atom. The molecule has 0 saturated heterocycles. The van der Waals surface area contributed by atoms with Crippen LogP contribution < -0.4 is 5.32 Å². The van der Waals surface area contributed by atoms with Crippen LogP contribution in [0.1, 0.15) is 27.8 Å². The van der Waals surface area contributed by atoms with Crippen molar-refractivity contribution in [1.82, 2.24) is 14.9 Å². The molecular formula is C23H20N4O3. The first-order valence-electron chi connectivity index (χ1n) is 9.53. The Hall–Kier alpha value is -4.00. The molecule has 30 heavy (non-hydrogen) atoms. The van der Waals surface area contributed by atoms with Crippen LogP contribution in [-0.2, 0) is 13.5 Å². The van der Waals surface area contributed by atoms with Gasteiger partial charge in [-0.25, -0.2) is 4.98 Å². The number of benzene rings is 3. The Morgan fingerprint density at radius 2 is 1.70 bits per heavy atom. The van der Waals surface area contributed by atoms with Crippen LogP contribution in [0.15, 0.2) is 78.9 Å². The predicted octanol–water partition coefficient (Wildman–Crippen LogP) is 4.20. The highest BCUT2D eigenvalue weighted by molar-refractivity contribution is 5.94. The molecule has 0 spiro atoms. The number of hydrogen-bond donors (Lipinski definition) is 1. The summed E-state index contributed by atoms with van der Waals surface area (Å²) < 4.78 is 2.03. The monoisotopic (exact) mass is 400 g/mol. The number of rotatable bonds is 6. The fourth-order valence-electron chi connectivity index (χ4n) is 3.47. The summed E-state index contributed by atoms with van der Waals surface area (Å²) >= 11 is 0. The molecule has 4 rings (SSSR count). The van der Waals surface area contributed by atoms with E-state index in [4.69, 9.17) is 4.98 Å². The Labute approximate surface area is 173 Å². The second-order valence-corrected chi connectivity index (χ2v) is 7.02. The molecule has 1 amide bonds. The van der Waals surface area contributed by atoms with Gasteiger partial charge in [0.25, 0.3) is 11.6 Å². The number of aromatic nitrogens is 2. The first-order chi connectivity index (χ1) is 14.5. The molecule has 0 aliphatic carbocycles. The number of fused-ring (bicyclic) bond motifs is 1. The molecule has 0 fully saturated rings. The summed E-state index contributed by atoms with van der Waals surface area (Å²) in [6.45, 7) is 0. The number of carbonyl (C=O) groups is 1. The minimum absolute atomic E-state index is 0.0501. The van der Waals surface area contributed by atoms with Crippen LogP contribution in [0.25, 0.3) is 11.0 Å². The fraction of sp³-hybridized carbons (Fsp3) is 0.130. The molecule has 7 heteroatoms. The molecule has 0 radical (unpaired) electrons. The number of imidazole rings is 1. The lowest BCUT2D eigenvalue weighted by molar-refractivity contribution is -0.384. The van der Waals surface area contributed by atoms with Crippen LogP contribution in [0.4, 0.5) is 5.69 Å². The number of para-hydroxylation sites is 2. The first kappa shape index (κ1) is 19.3. The Bertz CT molecular complexity index is 1200. The largest absolute Gasteiger partial charge is 0.345 e. The molecule has 0 aliphatic heterocycles. The maximum atomic E-state index is 12.8. The van der Waals surface area contributed by atoms with E-state index in [1.54, 1.807) is 0 Å². The van der Waals surface area contributed by atoms with Gasteiger partial charge in [0.15, 0.2) is 0 Å². The fourth-order valence-corrected chi connectivity index (χ4v) is 3.47. The number of nitro groups is 1. The topological polar surface area (TPSA) is 90.1 Å². The molecule has 1 N–H and O–H groups in total. The number of nitrogens with zero attached hydrogens (tertiary/aromatic N) is 3. The summed E-state index contributed by atoms with van der Waals surface area (Å²) in [5.74, 6) is 0.562. The molecule has 1 aromatic heterocycles. The lowest BCUT2D eigenvalue weighted by Crippen LogP contribution is -2.30. The highest BCUT2D eigenvalue weighted by atomic mass is 16.6. The van der Waals surface area contributed by atoms with Crippen molar-refractivity contribution in [3.05, 3.63) is 106 Å². The zero-order valence-electron chi connectivity index (χ0n) is 16.4. The van der Waals surface area contributed by atoms with Crippen molar-refractivity contribution >= 4 is 22.6 Å². The average Bonchev–Trinajstić information content (AvgIpc) is 3.09. The van der Waals surface area contributed by atoms with Gasteiger partial charge in [0.1, 0.15) is 5.82 Å². The van der Waals surface area contributed by atoms with Crippen LogP contribution in [0.3, 0.4) is 0 Å². The molecule has 4 aromatic rings. The summed E-state index contributed by atoms with van der Waals surface area (Å²) in [5, 5.41) is 13.9. The minimum Gasteiger partial charge on any atom is -0.345 e. The van der Waals surface area contributed by atoms with Gasteiger partial charge in [0.05, 0.1) is 22.0 Å². The predicted molar refractivity (Wildman–Crippen MR) is 114 cm³/mol. The number of nitro benzene ring substituents is 1. The van der Waals surface area contributed by atoms with Crippen LogP contribution in [0.5, 0.6) is 0 Å². The summed E-state index contributed by atoms with van der Waals surface area (Å²) in [5.41, 5.74) is 3.21. The SMILES string of the molecule is Cn1c(CC(NC(=O)c2ccc([N+](=O)[O-])cc2)c2ccccc2)nc2ccccc21. The van der Waals surface area contributed by atoms with Gasteiger partial charge in [-0.1, -0.05) is 42.5 Å².